The van der Waals surface area contributed by atoms with Crippen LogP contribution in [0.2, 0.25) is 0 Å². The number of phenolic OH excluding ortho intramolecular Hbond substituents is 2. The fraction of sp³-hybridized carbons (Fsp3) is 0.639. The van der Waals surface area contributed by atoms with Gasteiger partial charge in [-0.3, -0.25) is 67.1 Å². The molecule has 0 saturated carbocycles. The number of benzene rings is 2. The smallest absolute Gasteiger partial charge is 0.246 e. The molecule has 32 nitrogen and oxygen atoms in total. The van der Waals surface area contributed by atoms with Gasteiger partial charge in [0.05, 0.1) is 0 Å². The monoisotopic (exact) mass is 1520 g/mol. The quantitative estimate of drug-likeness (QED) is 0.0599. The van der Waals surface area contributed by atoms with E-state index in [1.165, 1.54) is 58.0 Å². The van der Waals surface area contributed by atoms with E-state index in [0.29, 0.717) is 36.8 Å². The van der Waals surface area contributed by atoms with Crippen molar-refractivity contribution in [2.75, 3.05) is 44.2 Å². The summed E-state index contributed by atoms with van der Waals surface area (Å²) >= 11 is 0. The number of hydrogen-bond acceptors (Lipinski definition) is 20. The van der Waals surface area contributed by atoms with Crippen LogP contribution in [-0.4, -0.2) is 230 Å². The Balaban J connectivity index is 1.41. The van der Waals surface area contributed by atoms with Gasteiger partial charge in [-0.15, -0.1) is 0 Å². The maximum absolute atomic E-state index is 15.0. The van der Waals surface area contributed by atoms with E-state index in [2.05, 4.69) is 53.2 Å². The average Bonchev–Trinajstić information content (AvgIpc) is 1.63. The third-order valence-corrected chi connectivity index (χ3v) is 21.6. The Labute approximate surface area is 627 Å². The van der Waals surface area contributed by atoms with Crippen molar-refractivity contribution < 1.29 is 77.3 Å². The first kappa shape index (κ1) is 86.2. The van der Waals surface area contributed by atoms with Crippen molar-refractivity contribution in [3.8, 4) is 11.5 Å². The molecule has 0 radical (unpaired) electrons. The number of fused-ring (bicyclic) bond motifs is 3. The molecule has 0 bridgehead atoms. The molecule has 6 rings (SSSR count). The zero-order valence-electron chi connectivity index (χ0n) is 62.1. The van der Waals surface area contributed by atoms with Crippen LogP contribution in [0.5, 0.6) is 11.5 Å². The lowest BCUT2D eigenvalue weighted by Crippen LogP contribution is -2.62. The van der Waals surface area contributed by atoms with Gasteiger partial charge >= 0.3 is 0 Å². The molecule has 0 spiro atoms. The van der Waals surface area contributed by atoms with Gasteiger partial charge in [0, 0.05) is 57.5 Å². The topological polar surface area (TPSA) is 488 Å². The van der Waals surface area contributed by atoms with Crippen molar-refractivity contribution in [3.05, 3.63) is 59.7 Å². The second-order valence-corrected chi connectivity index (χ2v) is 31.6. The Morgan fingerprint density at radius 1 is 0.528 bits per heavy atom. The van der Waals surface area contributed by atoms with Crippen LogP contribution in [0.1, 0.15) is 144 Å². The van der Waals surface area contributed by atoms with Crippen LogP contribution >= 0.6 is 21.6 Å². The van der Waals surface area contributed by atoms with E-state index in [0.717, 1.165) is 21.6 Å². The van der Waals surface area contributed by atoms with Gasteiger partial charge in [0.1, 0.15) is 90.0 Å². The standard InChI is InChI=1S/C72H110N16O16S2/c1-10-41(8)59(60(75)92)85-65(97)49(31-39(4)5)79-66(98)53(35-74)83-67(99)54-36-105-106-37-55(76-42(9)89)71(103)88-29-13-16-58(88)72(104)87-28-12-15-57(87)69(101)81-51(34-44-19-23-46(91)24-20-44)64(96)82-52(32-40(6)7)70(102)86-27-11-14-56(86)68(100)77-47(25-26-73)61(93)80-50(33-43-17-21-45(90)22-18-43)63(95)78-48(30-38(2)3)62(94)84-54/h17-24,38-41,47-59,90-91H,10-16,25-37,73-74H2,1-9H3,(H2,75,92)(H,76,89)(H,77,100)(H,78,95)(H,79,98)(H,80,93)(H,81,101)(H,82,96)(H,83,99)(H,84,94)(H,85,97)/t41-,47+,48-,49-,50-,51-,52-,53+,54-,55-,56-,57-,58-,59-/m0/s1. The number of nitrogens with two attached hydrogens (primary N) is 3. The first-order valence-electron chi connectivity index (χ1n) is 36.7. The third-order valence-electron chi connectivity index (χ3n) is 19.2. The van der Waals surface area contributed by atoms with Crippen LogP contribution in [0.15, 0.2) is 48.5 Å². The van der Waals surface area contributed by atoms with Crippen LogP contribution < -0.4 is 70.4 Å². The number of aromatic hydroxyl groups is 2. The van der Waals surface area contributed by atoms with E-state index < -0.39 is 168 Å². The van der Waals surface area contributed by atoms with Gasteiger partial charge in [0.15, 0.2) is 0 Å². The van der Waals surface area contributed by atoms with E-state index in [9.17, 15) is 77.3 Å². The van der Waals surface area contributed by atoms with Crippen molar-refractivity contribution in [2.24, 2.45) is 40.9 Å². The number of nitrogens with one attached hydrogen (secondary N) is 10. The van der Waals surface area contributed by atoms with Gasteiger partial charge in [-0.05, 0) is 130 Å². The molecule has 34 heteroatoms. The van der Waals surface area contributed by atoms with Crippen molar-refractivity contribution in [3.63, 3.8) is 0 Å². The molecular weight excluding hydrogens is 1410 g/mol. The third kappa shape index (κ3) is 25.2. The summed E-state index contributed by atoms with van der Waals surface area (Å²) in [5.41, 5.74) is 18.9. The SMILES string of the molecule is CC[C@H](C)[C@H](NC(=O)[C@H](CC(C)C)NC(=O)[C@@H](CN)NC(=O)[C@@H]1CSSC[C@H](NC(C)=O)C(=O)N2CCC[C@H]2C(=O)N2CCC[C@H]2C(=O)N[C@@H](Cc2ccc(O)cc2)C(=O)N[C@@H](CC(C)C)C(=O)N2CCC[C@H]2C(=O)N[C@H](CCN)C(=O)N[C@@H](Cc2ccc(O)cc2)C(=O)N[C@@H](CC(C)C)C(=O)N1)C(N)=O. The number of rotatable bonds is 23. The minimum Gasteiger partial charge on any atom is -0.508 e. The minimum atomic E-state index is -1.59. The van der Waals surface area contributed by atoms with Crippen LogP contribution in [0, 0.1) is 23.7 Å². The summed E-state index contributed by atoms with van der Waals surface area (Å²) in [5.74, 6) is -12.5. The number of nitrogens with zero attached hydrogens (tertiary/aromatic N) is 3. The number of amides is 14. The largest absolute Gasteiger partial charge is 0.508 e. The van der Waals surface area contributed by atoms with Gasteiger partial charge in [0.2, 0.25) is 82.7 Å². The predicted molar refractivity (Wildman–Crippen MR) is 397 cm³/mol. The molecule has 4 aliphatic rings. The first-order chi connectivity index (χ1) is 50.2. The highest BCUT2D eigenvalue weighted by atomic mass is 33.1. The molecule has 14 amide bonds. The molecule has 2 aromatic rings. The molecule has 18 N–H and O–H groups in total. The van der Waals surface area contributed by atoms with E-state index in [4.69, 9.17) is 17.2 Å². The van der Waals surface area contributed by atoms with Crippen molar-refractivity contribution in [1.29, 1.82) is 0 Å². The van der Waals surface area contributed by atoms with E-state index in [1.54, 1.807) is 46.8 Å². The normalized spacial score (nSPS) is 25.0. The molecule has 4 saturated heterocycles. The summed E-state index contributed by atoms with van der Waals surface area (Å²) in [7, 11) is 1.97. The van der Waals surface area contributed by atoms with Crippen molar-refractivity contribution >= 4 is 104 Å². The van der Waals surface area contributed by atoms with Crippen LogP contribution in [0.3, 0.4) is 0 Å². The lowest BCUT2D eigenvalue weighted by molar-refractivity contribution is -0.147. The summed E-state index contributed by atoms with van der Waals surface area (Å²) in [4.78, 5) is 206. The second-order valence-electron chi connectivity index (χ2n) is 29.1. The fourth-order valence-corrected chi connectivity index (χ4v) is 15.7. The molecule has 4 fully saturated rings. The molecule has 4 aliphatic heterocycles. The molecule has 586 valence electrons. The van der Waals surface area contributed by atoms with Gasteiger partial charge in [0.25, 0.3) is 0 Å². The molecule has 0 aliphatic carbocycles. The number of primary amides is 1. The maximum atomic E-state index is 15.0. The average molecular weight is 1520 g/mol. The van der Waals surface area contributed by atoms with E-state index >= 15 is 0 Å². The molecule has 0 unspecified atom stereocenters. The molecule has 0 aromatic heterocycles. The summed E-state index contributed by atoms with van der Waals surface area (Å²) in [5, 5.41) is 47.6. The Morgan fingerprint density at radius 2 is 0.972 bits per heavy atom. The Morgan fingerprint density at radius 3 is 1.46 bits per heavy atom. The molecular formula is C72H110N16O16S2. The zero-order valence-corrected chi connectivity index (χ0v) is 63.7. The number of carbonyl (C=O) groups excluding carboxylic acids is 14. The highest BCUT2D eigenvalue weighted by Gasteiger charge is 2.46. The minimum absolute atomic E-state index is 0.0628. The Kier molecular flexibility index (Phi) is 33.6. The summed E-state index contributed by atoms with van der Waals surface area (Å²) < 4.78 is 0. The molecule has 2 aromatic carbocycles. The Hall–Kier alpha value is -8.76. The van der Waals surface area contributed by atoms with E-state index in [-0.39, 0.29) is 131 Å². The van der Waals surface area contributed by atoms with Crippen LogP contribution in [0.4, 0.5) is 0 Å². The fourth-order valence-electron chi connectivity index (χ4n) is 13.4. The van der Waals surface area contributed by atoms with Crippen LogP contribution in [0.25, 0.3) is 0 Å². The summed E-state index contributed by atoms with van der Waals surface area (Å²) in [6.07, 6.45) is 1.62. The Bertz CT molecular complexity index is 3420. The summed E-state index contributed by atoms with van der Waals surface area (Å²) in [6.45, 7) is 15.1. The number of phenols is 2. The lowest BCUT2D eigenvalue weighted by atomic mass is 9.97. The molecule has 4 heterocycles. The van der Waals surface area contributed by atoms with Crippen molar-refractivity contribution in [2.45, 2.75) is 224 Å². The molecule has 14 atom stereocenters. The lowest BCUT2D eigenvalue weighted by Gasteiger charge is -2.33. The predicted octanol–water partition coefficient (Wildman–Crippen LogP) is -0.904. The van der Waals surface area contributed by atoms with Crippen molar-refractivity contribution in [1.82, 2.24) is 67.9 Å². The number of hydrogen-bond donors (Lipinski definition) is 15. The summed E-state index contributed by atoms with van der Waals surface area (Å²) in [6, 6.07) is -5.49. The first-order valence-corrected chi connectivity index (χ1v) is 39.1. The highest BCUT2D eigenvalue weighted by Crippen LogP contribution is 2.30. The van der Waals surface area contributed by atoms with Gasteiger partial charge in [-0.1, -0.05) is 108 Å². The van der Waals surface area contributed by atoms with Gasteiger partial charge in [-0.25, -0.2) is 0 Å². The second kappa shape index (κ2) is 41.4. The van der Waals surface area contributed by atoms with Crippen LogP contribution in [-0.2, 0) is 80.0 Å². The zero-order chi connectivity index (χ0) is 78.2. The maximum Gasteiger partial charge on any atom is 0.246 e. The molecule has 106 heavy (non-hydrogen) atoms. The van der Waals surface area contributed by atoms with Gasteiger partial charge in [-0.2, -0.15) is 0 Å². The highest BCUT2D eigenvalue weighted by molar-refractivity contribution is 8.76. The van der Waals surface area contributed by atoms with Gasteiger partial charge < -0.3 is 95.3 Å². The number of carbonyl (C=O) groups is 14. The van der Waals surface area contributed by atoms with E-state index in [1.807, 2.05) is 20.8 Å².